The molecule has 0 saturated carbocycles. The Hall–Kier alpha value is -4.33. The van der Waals surface area contributed by atoms with Gasteiger partial charge in [0.2, 0.25) is 0 Å². The molecule has 3 aromatic rings. The molecule has 3 rings (SSSR count). The van der Waals surface area contributed by atoms with Crippen LogP contribution in [0, 0.1) is 0 Å². The van der Waals surface area contributed by atoms with E-state index in [0.717, 1.165) is 38.5 Å². The molecule has 0 bridgehead atoms. The van der Waals surface area contributed by atoms with E-state index < -0.39 is 11.9 Å². The average molecular weight is 601 g/mol. The summed E-state index contributed by atoms with van der Waals surface area (Å²) in [6, 6.07) is 19.7. The Balaban J connectivity index is 1.44. The van der Waals surface area contributed by atoms with Crippen molar-refractivity contribution in [1.82, 2.24) is 0 Å². The first-order valence-electron chi connectivity index (χ1n) is 15.7. The maximum Gasteiger partial charge on any atom is 0.343 e. The normalized spacial score (nSPS) is 11.7. The minimum Gasteiger partial charge on any atom is -0.459 e. The van der Waals surface area contributed by atoms with E-state index >= 15 is 0 Å². The van der Waals surface area contributed by atoms with E-state index in [2.05, 4.69) is 24.1 Å². The number of nitrogens with zero attached hydrogens (tertiary/aromatic N) is 2. The average Bonchev–Trinajstić information content (AvgIpc) is 3.03. The number of carbonyl (C=O) groups is 3. The van der Waals surface area contributed by atoms with Crippen LogP contribution >= 0.6 is 0 Å². The van der Waals surface area contributed by atoms with Gasteiger partial charge in [0.05, 0.1) is 28.6 Å². The minimum atomic E-state index is -0.532. The smallest absolute Gasteiger partial charge is 0.343 e. The number of esters is 3. The summed E-state index contributed by atoms with van der Waals surface area (Å²) in [6.07, 6.45) is 11.0. The summed E-state index contributed by atoms with van der Waals surface area (Å²) in [6.45, 7) is 6.23. The van der Waals surface area contributed by atoms with Gasteiger partial charge in [0.25, 0.3) is 0 Å². The van der Waals surface area contributed by atoms with E-state index in [1.165, 1.54) is 25.7 Å². The number of hydrogen-bond donors (Lipinski definition) is 0. The molecule has 8 heteroatoms. The molecule has 44 heavy (non-hydrogen) atoms. The van der Waals surface area contributed by atoms with Crippen molar-refractivity contribution in [3.8, 4) is 11.5 Å². The maximum atomic E-state index is 12.6. The van der Waals surface area contributed by atoms with E-state index in [1.54, 1.807) is 72.8 Å². The molecule has 0 heterocycles. The van der Waals surface area contributed by atoms with Gasteiger partial charge in [0, 0.05) is 6.42 Å². The van der Waals surface area contributed by atoms with Crippen LogP contribution in [-0.2, 0) is 9.53 Å². The van der Waals surface area contributed by atoms with Crippen molar-refractivity contribution in [2.75, 3.05) is 0 Å². The largest absolute Gasteiger partial charge is 0.459 e. The SMILES string of the molecule is CCCCCCCC(=O)Oc1ccc(N=Nc2ccc(C(=O)Oc3ccc(C(=O)O[C@@H](C)CCCCCC)cc3)cc2)cc1. The predicted octanol–water partition coefficient (Wildman–Crippen LogP) is 10.1. The molecule has 3 aromatic carbocycles. The zero-order valence-electron chi connectivity index (χ0n) is 26.1. The van der Waals surface area contributed by atoms with Crippen molar-refractivity contribution in [3.63, 3.8) is 0 Å². The van der Waals surface area contributed by atoms with E-state index in [1.807, 2.05) is 6.92 Å². The number of carbonyl (C=O) groups excluding carboxylic acids is 3. The van der Waals surface area contributed by atoms with Gasteiger partial charge in [-0.25, -0.2) is 9.59 Å². The van der Waals surface area contributed by atoms with Gasteiger partial charge in [-0.2, -0.15) is 10.2 Å². The van der Waals surface area contributed by atoms with Crippen LogP contribution in [0.5, 0.6) is 11.5 Å². The fourth-order valence-electron chi connectivity index (χ4n) is 4.41. The predicted molar refractivity (Wildman–Crippen MR) is 171 cm³/mol. The van der Waals surface area contributed by atoms with Gasteiger partial charge < -0.3 is 14.2 Å². The molecule has 0 saturated heterocycles. The van der Waals surface area contributed by atoms with Crippen LogP contribution in [0.2, 0.25) is 0 Å². The van der Waals surface area contributed by atoms with Crippen LogP contribution in [0.3, 0.4) is 0 Å². The summed E-state index contributed by atoms with van der Waals surface area (Å²) in [7, 11) is 0. The quantitative estimate of drug-likeness (QED) is 0.0623. The van der Waals surface area contributed by atoms with Crippen molar-refractivity contribution in [2.45, 2.75) is 97.5 Å². The van der Waals surface area contributed by atoms with Gasteiger partial charge >= 0.3 is 17.9 Å². The number of hydrogen-bond acceptors (Lipinski definition) is 8. The Morgan fingerprint density at radius 3 is 1.68 bits per heavy atom. The molecule has 0 spiro atoms. The molecule has 8 nitrogen and oxygen atoms in total. The number of unbranched alkanes of at least 4 members (excludes halogenated alkanes) is 7. The molecule has 0 amide bonds. The van der Waals surface area contributed by atoms with E-state index in [0.29, 0.717) is 40.4 Å². The number of rotatable bonds is 18. The molecule has 234 valence electrons. The van der Waals surface area contributed by atoms with E-state index in [9.17, 15) is 14.4 Å². The molecule has 0 aromatic heterocycles. The Kier molecular flexibility index (Phi) is 14.8. The number of benzene rings is 3. The highest BCUT2D eigenvalue weighted by Crippen LogP contribution is 2.23. The first kappa shape index (κ1) is 34.2. The summed E-state index contributed by atoms with van der Waals surface area (Å²) in [4.78, 5) is 37.1. The molecule has 0 aliphatic rings. The highest BCUT2D eigenvalue weighted by atomic mass is 16.5. The lowest BCUT2D eigenvalue weighted by molar-refractivity contribution is -0.134. The lowest BCUT2D eigenvalue weighted by atomic mass is 10.1. The standard InChI is InChI=1S/C36H44N2O6/c1-4-6-8-10-12-14-34(39)43-32-25-21-31(22-26-32)38-37-30-19-15-28(16-20-30)36(41)44-33-23-17-29(18-24-33)35(40)42-27(3)13-11-9-7-5-2/h15-27H,4-14H2,1-3H3/t27-/m0/s1. The number of ether oxygens (including phenoxy) is 3. The summed E-state index contributed by atoms with van der Waals surface area (Å²) in [5.41, 5.74) is 1.91. The number of azo groups is 1. The van der Waals surface area contributed by atoms with Gasteiger partial charge in [-0.3, -0.25) is 4.79 Å². The topological polar surface area (TPSA) is 104 Å². The Labute approximate surface area is 260 Å². The molecule has 0 unspecified atom stereocenters. The summed E-state index contributed by atoms with van der Waals surface area (Å²) in [5, 5.41) is 8.42. The Morgan fingerprint density at radius 1 is 0.591 bits per heavy atom. The Morgan fingerprint density at radius 2 is 1.07 bits per heavy atom. The zero-order chi connectivity index (χ0) is 31.6. The van der Waals surface area contributed by atoms with Gasteiger partial charge in [-0.05, 0) is 99.0 Å². The van der Waals surface area contributed by atoms with Crippen LogP contribution in [0.4, 0.5) is 11.4 Å². The molecule has 0 fully saturated rings. The third kappa shape index (κ3) is 12.5. The second-order valence-electron chi connectivity index (χ2n) is 10.9. The fourth-order valence-corrected chi connectivity index (χ4v) is 4.41. The third-order valence-corrected chi connectivity index (χ3v) is 7.01. The maximum absolute atomic E-state index is 12.6. The van der Waals surface area contributed by atoms with Gasteiger partial charge in [0.15, 0.2) is 0 Å². The molecule has 0 aliphatic carbocycles. The molecule has 0 radical (unpaired) electrons. The van der Waals surface area contributed by atoms with Crippen molar-refractivity contribution in [2.24, 2.45) is 10.2 Å². The first-order chi connectivity index (χ1) is 21.4. The fraction of sp³-hybridized carbons (Fsp3) is 0.417. The van der Waals surface area contributed by atoms with Crippen LogP contribution in [0.1, 0.15) is 112 Å². The summed E-state index contributed by atoms with van der Waals surface area (Å²) >= 11 is 0. The summed E-state index contributed by atoms with van der Waals surface area (Å²) < 4.78 is 16.4. The van der Waals surface area contributed by atoms with Crippen LogP contribution < -0.4 is 9.47 Å². The molecule has 1 atom stereocenters. The van der Waals surface area contributed by atoms with Crippen molar-refractivity contribution >= 4 is 29.3 Å². The van der Waals surface area contributed by atoms with Gasteiger partial charge in [-0.15, -0.1) is 0 Å². The third-order valence-electron chi connectivity index (χ3n) is 7.01. The highest BCUT2D eigenvalue weighted by molar-refractivity contribution is 5.92. The molecular weight excluding hydrogens is 556 g/mol. The Bertz CT molecular complexity index is 1330. The van der Waals surface area contributed by atoms with Crippen molar-refractivity contribution in [1.29, 1.82) is 0 Å². The van der Waals surface area contributed by atoms with Gasteiger partial charge in [-0.1, -0.05) is 58.8 Å². The lowest BCUT2D eigenvalue weighted by Gasteiger charge is -2.13. The molecule has 0 aliphatic heterocycles. The second-order valence-corrected chi connectivity index (χ2v) is 10.9. The van der Waals surface area contributed by atoms with Crippen LogP contribution in [0.25, 0.3) is 0 Å². The highest BCUT2D eigenvalue weighted by Gasteiger charge is 2.14. The molecular formula is C36H44N2O6. The molecule has 0 N–H and O–H groups in total. The van der Waals surface area contributed by atoms with Crippen molar-refractivity contribution in [3.05, 3.63) is 83.9 Å². The first-order valence-corrected chi connectivity index (χ1v) is 15.7. The van der Waals surface area contributed by atoms with E-state index in [-0.39, 0.29) is 12.1 Å². The van der Waals surface area contributed by atoms with Crippen LogP contribution in [-0.4, -0.2) is 24.0 Å². The lowest BCUT2D eigenvalue weighted by Crippen LogP contribution is -2.15. The monoisotopic (exact) mass is 600 g/mol. The van der Waals surface area contributed by atoms with Gasteiger partial charge in [0.1, 0.15) is 11.5 Å². The van der Waals surface area contributed by atoms with Crippen molar-refractivity contribution < 1.29 is 28.6 Å². The zero-order valence-corrected chi connectivity index (χ0v) is 26.1. The summed E-state index contributed by atoms with van der Waals surface area (Å²) in [5.74, 6) is -0.356. The second kappa shape index (κ2) is 19.1. The van der Waals surface area contributed by atoms with Crippen LogP contribution in [0.15, 0.2) is 83.0 Å². The van der Waals surface area contributed by atoms with E-state index in [4.69, 9.17) is 14.2 Å². The minimum absolute atomic E-state index is 0.147.